The second kappa shape index (κ2) is 8.54. The van der Waals surface area contributed by atoms with Gasteiger partial charge in [-0.1, -0.05) is 32.0 Å². The van der Waals surface area contributed by atoms with Crippen molar-refractivity contribution in [2.75, 3.05) is 18.4 Å². The van der Waals surface area contributed by atoms with Crippen LogP contribution in [-0.2, 0) is 4.79 Å². The molecule has 2 atom stereocenters. The SMILES string of the molecule is CCCN1CC[C@H](C)C[C@H]1C(=O)Nc1c(C)cccc1C.Cl. The van der Waals surface area contributed by atoms with E-state index in [1.807, 2.05) is 6.07 Å². The van der Waals surface area contributed by atoms with Crippen LogP contribution in [0.15, 0.2) is 18.2 Å². The lowest BCUT2D eigenvalue weighted by atomic mass is 9.91. The van der Waals surface area contributed by atoms with Crippen molar-refractivity contribution in [1.29, 1.82) is 0 Å². The Balaban J connectivity index is 0.00000242. The van der Waals surface area contributed by atoms with E-state index in [0.717, 1.165) is 42.7 Å². The van der Waals surface area contributed by atoms with Gasteiger partial charge < -0.3 is 5.32 Å². The molecule has 124 valence electrons. The van der Waals surface area contributed by atoms with E-state index in [0.29, 0.717) is 5.92 Å². The van der Waals surface area contributed by atoms with Gasteiger partial charge in [-0.2, -0.15) is 0 Å². The lowest BCUT2D eigenvalue weighted by Gasteiger charge is -2.37. The summed E-state index contributed by atoms with van der Waals surface area (Å²) in [5.41, 5.74) is 3.25. The van der Waals surface area contributed by atoms with Crippen LogP contribution in [0, 0.1) is 19.8 Å². The maximum Gasteiger partial charge on any atom is 0.241 e. The molecule has 22 heavy (non-hydrogen) atoms. The maximum atomic E-state index is 12.7. The summed E-state index contributed by atoms with van der Waals surface area (Å²) in [6.45, 7) is 10.6. The lowest BCUT2D eigenvalue weighted by Crippen LogP contribution is -2.49. The number of rotatable bonds is 4. The van der Waals surface area contributed by atoms with E-state index in [-0.39, 0.29) is 24.4 Å². The first-order chi connectivity index (χ1) is 10.0. The third-order valence-electron chi connectivity index (χ3n) is 4.52. The molecule has 0 saturated carbocycles. The minimum atomic E-state index is 0. The van der Waals surface area contributed by atoms with Crippen molar-refractivity contribution in [1.82, 2.24) is 4.90 Å². The lowest BCUT2D eigenvalue weighted by molar-refractivity contribution is -0.123. The Kier molecular flexibility index (Phi) is 7.37. The topological polar surface area (TPSA) is 32.3 Å². The first kappa shape index (κ1) is 19.0. The summed E-state index contributed by atoms with van der Waals surface area (Å²) >= 11 is 0. The molecule has 4 heteroatoms. The van der Waals surface area contributed by atoms with E-state index in [4.69, 9.17) is 0 Å². The van der Waals surface area contributed by atoms with E-state index in [2.05, 4.69) is 50.0 Å². The summed E-state index contributed by atoms with van der Waals surface area (Å²) in [7, 11) is 0. The van der Waals surface area contributed by atoms with Gasteiger partial charge in [0.1, 0.15) is 0 Å². The largest absolute Gasteiger partial charge is 0.324 e. The van der Waals surface area contributed by atoms with Gasteiger partial charge in [0.05, 0.1) is 6.04 Å². The Bertz CT molecular complexity index is 484. The summed E-state index contributed by atoms with van der Waals surface area (Å²) < 4.78 is 0. The van der Waals surface area contributed by atoms with Crippen molar-refractivity contribution < 1.29 is 4.79 Å². The van der Waals surface area contributed by atoms with Gasteiger partial charge in [0.2, 0.25) is 5.91 Å². The first-order valence-corrected chi connectivity index (χ1v) is 8.14. The van der Waals surface area contributed by atoms with Crippen molar-refractivity contribution in [2.24, 2.45) is 5.92 Å². The van der Waals surface area contributed by atoms with Gasteiger partial charge in [-0.3, -0.25) is 9.69 Å². The van der Waals surface area contributed by atoms with Crippen molar-refractivity contribution in [3.63, 3.8) is 0 Å². The van der Waals surface area contributed by atoms with Crippen LogP contribution in [0.5, 0.6) is 0 Å². The predicted octanol–water partition coefficient (Wildman–Crippen LogP) is 4.17. The van der Waals surface area contributed by atoms with Gasteiger partial charge in [-0.05, 0) is 63.2 Å². The van der Waals surface area contributed by atoms with E-state index in [9.17, 15) is 4.79 Å². The zero-order valence-electron chi connectivity index (χ0n) is 14.2. The van der Waals surface area contributed by atoms with Crippen LogP contribution in [-0.4, -0.2) is 29.9 Å². The molecule has 3 nitrogen and oxygen atoms in total. The quantitative estimate of drug-likeness (QED) is 0.901. The minimum Gasteiger partial charge on any atom is -0.324 e. The van der Waals surface area contributed by atoms with Gasteiger partial charge in [-0.15, -0.1) is 12.4 Å². The highest BCUT2D eigenvalue weighted by Gasteiger charge is 2.31. The van der Waals surface area contributed by atoms with Crippen molar-refractivity contribution in [3.05, 3.63) is 29.3 Å². The van der Waals surface area contributed by atoms with Crippen molar-refractivity contribution in [3.8, 4) is 0 Å². The normalized spacial score (nSPS) is 22.0. The van der Waals surface area contributed by atoms with E-state index >= 15 is 0 Å². The maximum absolute atomic E-state index is 12.7. The fraction of sp³-hybridized carbons (Fsp3) is 0.611. The van der Waals surface area contributed by atoms with E-state index in [1.54, 1.807) is 0 Å². The fourth-order valence-electron chi connectivity index (χ4n) is 3.24. The summed E-state index contributed by atoms with van der Waals surface area (Å²) in [6.07, 6.45) is 3.27. The molecule has 0 spiro atoms. The number of benzene rings is 1. The number of likely N-dealkylation sites (tertiary alicyclic amines) is 1. The fourth-order valence-corrected chi connectivity index (χ4v) is 3.24. The molecule has 1 heterocycles. The van der Waals surface area contributed by atoms with Gasteiger partial charge >= 0.3 is 0 Å². The summed E-state index contributed by atoms with van der Waals surface area (Å²) in [6, 6.07) is 6.16. The number of hydrogen-bond donors (Lipinski definition) is 1. The average Bonchev–Trinajstić information content (AvgIpc) is 2.45. The highest BCUT2D eigenvalue weighted by Crippen LogP contribution is 2.25. The number of para-hydroxylation sites is 1. The van der Waals surface area contributed by atoms with Crippen LogP contribution in [0.25, 0.3) is 0 Å². The van der Waals surface area contributed by atoms with Crippen LogP contribution in [0.3, 0.4) is 0 Å². The minimum absolute atomic E-state index is 0. The van der Waals surface area contributed by atoms with Gasteiger partial charge in [0.15, 0.2) is 0 Å². The Labute approximate surface area is 140 Å². The van der Waals surface area contributed by atoms with Gasteiger partial charge in [0.25, 0.3) is 0 Å². The van der Waals surface area contributed by atoms with Crippen molar-refractivity contribution in [2.45, 2.75) is 53.0 Å². The Morgan fingerprint density at radius 1 is 1.32 bits per heavy atom. The molecule has 1 aliphatic heterocycles. The number of anilines is 1. The standard InChI is InChI=1S/C18H28N2O.ClH/c1-5-10-20-11-9-13(2)12-16(20)18(21)19-17-14(3)7-6-8-15(17)4;/h6-8,13,16H,5,9-12H2,1-4H3,(H,19,21);1H/t13-,16-;/m0./s1. The number of aryl methyl sites for hydroxylation is 2. The molecule has 1 fully saturated rings. The molecular weight excluding hydrogens is 296 g/mol. The predicted molar refractivity (Wildman–Crippen MR) is 95.8 cm³/mol. The number of nitrogens with zero attached hydrogens (tertiary/aromatic N) is 1. The third-order valence-corrected chi connectivity index (χ3v) is 4.52. The number of halogens is 1. The van der Waals surface area contributed by atoms with E-state index < -0.39 is 0 Å². The smallest absolute Gasteiger partial charge is 0.241 e. The Morgan fingerprint density at radius 2 is 1.95 bits per heavy atom. The van der Waals surface area contributed by atoms with Gasteiger partial charge in [0, 0.05) is 5.69 Å². The molecule has 0 bridgehead atoms. The molecule has 1 N–H and O–H groups in total. The summed E-state index contributed by atoms with van der Waals surface area (Å²) in [5.74, 6) is 0.791. The number of hydrogen-bond acceptors (Lipinski definition) is 2. The number of piperidine rings is 1. The molecule has 0 radical (unpaired) electrons. The molecule has 1 aromatic rings. The highest BCUT2D eigenvalue weighted by molar-refractivity contribution is 5.96. The molecule has 1 aromatic carbocycles. The molecule has 0 aromatic heterocycles. The number of amides is 1. The molecular formula is C18H29ClN2O. The van der Waals surface area contributed by atoms with Crippen LogP contribution >= 0.6 is 12.4 Å². The van der Waals surface area contributed by atoms with Crippen LogP contribution in [0.4, 0.5) is 5.69 Å². The molecule has 0 aliphatic carbocycles. The zero-order chi connectivity index (χ0) is 15.4. The first-order valence-electron chi connectivity index (χ1n) is 8.14. The highest BCUT2D eigenvalue weighted by atomic mass is 35.5. The molecule has 1 aliphatic rings. The van der Waals surface area contributed by atoms with Crippen LogP contribution in [0.1, 0.15) is 44.2 Å². The molecule has 2 rings (SSSR count). The average molecular weight is 325 g/mol. The zero-order valence-corrected chi connectivity index (χ0v) is 15.0. The molecule has 0 unspecified atom stereocenters. The summed E-state index contributed by atoms with van der Waals surface area (Å²) in [4.78, 5) is 15.1. The third kappa shape index (κ3) is 4.47. The molecule has 1 amide bonds. The van der Waals surface area contributed by atoms with Crippen LogP contribution in [0.2, 0.25) is 0 Å². The molecule has 1 saturated heterocycles. The van der Waals surface area contributed by atoms with E-state index in [1.165, 1.54) is 6.42 Å². The number of nitrogens with one attached hydrogen (secondary N) is 1. The second-order valence-electron chi connectivity index (χ2n) is 6.44. The number of carbonyl (C=O) groups is 1. The van der Waals surface area contributed by atoms with Crippen molar-refractivity contribution >= 4 is 24.0 Å². The monoisotopic (exact) mass is 324 g/mol. The Morgan fingerprint density at radius 3 is 2.55 bits per heavy atom. The Hall–Kier alpha value is -1.06. The van der Waals surface area contributed by atoms with Crippen LogP contribution < -0.4 is 5.32 Å². The number of carbonyl (C=O) groups excluding carboxylic acids is 1. The summed E-state index contributed by atoms with van der Waals surface area (Å²) in [5, 5.41) is 3.18. The second-order valence-corrected chi connectivity index (χ2v) is 6.44. The van der Waals surface area contributed by atoms with Gasteiger partial charge in [-0.25, -0.2) is 0 Å².